The third-order valence-electron chi connectivity index (χ3n) is 1.47. The second-order valence-corrected chi connectivity index (χ2v) is 3.66. The minimum absolute atomic E-state index is 0.996. The van der Waals surface area contributed by atoms with E-state index in [-0.39, 0.29) is 0 Å². The van der Waals surface area contributed by atoms with E-state index in [2.05, 4.69) is 17.5 Å². The van der Waals surface area contributed by atoms with Crippen LogP contribution in [0.1, 0.15) is 0 Å². The van der Waals surface area contributed by atoms with Gasteiger partial charge in [0.15, 0.2) is 0 Å². The van der Waals surface area contributed by atoms with Gasteiger partial charge in [0.1, 0.15) is 0 Å². The highest BCUT2D eigenvalue weighted by Crippen LogP contribution is 2.27. The Morgan fingerprint density at radius 3 is 2.80 bits per heavy atom. The Morgan fingerprint density at radius 1 is 1.20 bits per heavy atom. The van der Waals surface area contributed by atoms with E-state index in [9.17, 15) is 0 Å². The van der Waals surface area contributed by atoms with Crippen molar-refractivity contribution in [3.05, 3.63) is 29.6 Å². The number of hydrogen-bond acceptors (Lipinski definition) is 1. The van der Waals surface area contributed by atoms with Crippen molar-refractivity contribution >= 4 is 34.7 Å². The lowest BCUT2D eigenvalue weighted by Crippen LogP contribution is -1.60. The highest BCUT2D eigenvalue weighted by molar-refractivity contribution is 7.83. The molecule has 2 aromatic rings. The Hall–Kier alpha value is -0.600. The van der Waals surface area contributed by atoms with E-state index in [1.54, 1.807) is 11.3 Å². The molecule has 49 valence electrons. The summed E-state index contributed by atoms with van der Waals surface area (Å²) >= 11 is 6.74. The van der Waals surface area contributed by atoms with Gasteiger partial charge in [-0.3, -0.25) is 0 Å². The fourth-order valence-electron chi connectivity index (χ4n) is 0.966. The largest absolute Gasteiger partial charge is 0.131 e. The first kappa shape index (κ1) is 6.13. The monoisotopic (exact) mass is 165 g/mol. The minimum atomic E-state index is 0.996. The third kappa shape index (κ3) is 0.805. The van der Waals surface area contributed by atoms with Crippen LogP contribution in [-0.2, 0) is 0 Å². The van der Waals surface area contributed by atoms with Crippen molar-refractivity contribution in [2.45, 2.75) is 4.21 Å². The van der Waals surface area contributed by atoms with Crippen LogP contribution in [0.3, 0.4) is 0 Å². The Morgan fingerprint density at radius 2 is 2.00 bits per heavy atom. The molecule has 0 atom stereocenters. The predicted octanol–water partition coefficient (Wildman–Crippen LogP) is 3.46. The second kappa shape index (κ2) is 2.22. The number of hydrogen-bond donors (Lipinski definition) is 0. The summed E-state index contributed by atoms with van der Waals surface area (Å²) in [6.07, 6.45) is 0. The maximum atomic E-state index is 5.11. The molecule has 0 unspecified atom stereocenters. The van der Waals surface area contributed by atoms with Crippen LogP contribution in [0.2, 0.25) is 0 Å². The molecule has 0 N–H and O–H groups in total. The molecule has 0 nitrogen and oxygen atoms in total. The lowest BCUT2D eigenvalue weighted by atomic mass is 10.2. The van der Waals surface area contributed by atoms with Crippen molar-refractivity contribution in [3.8, 4) is 0 Å². The molecule has 1 aromatic carbocycles. The van der Waals surface area contributed by atoms with E-state index < -0.39 is 0 Å². The van der Waals surface area contributed by atoms with Crippen molar-refractivity contribution < 1.29 is 0 Å². The highest BCUT2D eigenvalue weighted by atomic mass is 32.2. The van der Waals surface area contributed by atoms with Gasteiger partial charge in [0.2, 0.25) is 0 Å². The minimum Gasteiger partial charge on any atom is -0.131 e. The molecule has 2 heteroatoms. The van der Waals surface area contributed by atoms with Crippen LogP contribution in [0.4, 0.5) is 0 Å². The van der Waals surface area contributed by atoms with Gasteiger partial charge in [0.25, 0.3) is 0 Å². The average molecular weight is 165 g/mol. The molecule has 0 aliphatic rings. The maximum absolute atomic E-state index is 5.11. The van der Waals surface area contributed by atoms with Gasteiger partial charge in [0, 0.05) is 10.8 Å². The van der Waals surface area contributed by atoms with E-state index >= 15 is 0 Å². The van der Waals surface area contributed by atoms with Crippen LogP contribution in [0.15, 0.2) is 33.9 Å². The standard InChI is InChI=1S/C8H5S2/c9-8-7-4-2-1-3-6(7)5-10-8/h1-5H. The zero-order valence-corrected chi connectivity index (χ0v) is 6.84. The van der Waals surface area contributed by atoms with Crippen LogP contribution in [0.5, 0.6) is 0 Å². The number of benzene rings is 1. The first-order chi connectivity index (χ1) is 4.88. The molecule has 0 aliphatic heterocycles. The first-order valence-electron chi connectivity index (χ1n) is 3.01. The molecule has 0 bridgehead atoms. The van der Waals surface area contributed by atoms with Crippen LogP contribution < -0.4 is 0 Å². The van der Waals surface area contributed by atoms with Gasteiger partial charge in [0.05, 0.1) is 4.21 Å². The van der Waals surface area contributed by atoms with Gasteiger partial charge in [-0.05, 0) is 5.39 Å². The molecular weight excluding hydrogens is 160 g/mol. The lowest BCUT2D eigenvalue weighted by molar-refractivity contribution is 1.78. The van der Waals surface area contributed by atoms with Gasteiger partial charge in [-0.1, -0.05) is 36.9 Å². The summed E-state index contributed by atoms with van der Waals surface area (Å²) in [5.74, 6) is 0. The van der Waals surface area contributed by atoms with E-state index in [1.807, 2.05) is 12.1 Å². The fourth-order valence-corrected chi connectivity index (χ4v) is 2.05. The van der Waals surface area contributed by atoms with Gasteiger partial charge in [-0.25, -0.2) is 0 Å². The molecule has 0 fully saturated rings. The van der Waals surface area contributed by atoms with Gasteiger partial charge < -0.3 is 0 Å². The van der Waals surface area contributed by atoms with Crippen molar-refractivity contribution in [2.75, 3.05) is 0 Å². The summed E-state index contributed by atoms with van der Waals surface area (Å²) in [6, 6.07) is 8.20. The first-order valence-corrected chi connectivity index (χ1v) is 4.30. The van der Waals surface area contributed by atoms with E-state index in [0.29, 0.717) is 0 Å². The topological polar surface area (TPSA) is 0 Å². The van der Waals surface area contributed by atoms with Crippen molar-refractivity contribution in [1.29, 1.82) is 0 Å². The SMILES string of the molecule is [S]c1scc2ccccc12. The van der Waals surface area contributed by atoms with Gasteiger partial charge in [-0.15, -0.1) is 11.3 Å². The third-order valence-corrected chi connectivity index (χ3v) is 2.79. The molecular formula is C8H5S2. The summed E-state index contributed by atoms with van der Waals surface area (Å²) in [7, 11) is 0. The fraction of sp³-hybridized carbons (Fsp3) is 0. The van der Waals surface area contributed by atoms with E-state index in [0.717, 1.165) is 4.21 Å². The van der Waals surface area contributed by atoms with E-state index in [4.69, 9.17) is 12.6 Å². The Labute approximate surface area is 68.9 Å². The smallest absolute Gasteiger partial charge is 0.0978 e. The Kier molecular flexibility index (Phi) is 1.36. The summed E-state index contributed by atoms with van der Waals surface area (Å²) in [5, 5.41) is 4.57. The van der Waals surface area contributed by atoms with Crippen LogP contribution in [0, 0.1) is 0 Å². The van der Waals surface area contributed by atoms with Gasteiger partial charge in [-0.2, -0.15) is 0 Å². The molecule has 0 saturated heterocycles. The molecule has 0 amide bonds. The number of thiophene rings is 1. The Balaban J connectivity index is 2.93. The molecule has 0 saturated carbocycles. The van der Waals surface area contributed by atoms with Gasteiger partial charge >= 0.3 is 0 Å². The molecule has 0 spiro atoms. The molecule has 1 radical (unpaired) electrons. The second-order valence-electron chi connectivity index (χ2n) is 2.11. The summed E-state index contributed by atoms with van der Waals surface area (Å²) in [5.41, 5.74) is 0. The van der Waals surface area contributed by atoms with E-state index in [1.165, 1.54) is 10.8 Å². The van der Waals surface area contributed by atoms with Crippen molar-refractivity contribution in [1.82, 2.24) is 0 Å². The van der Waals surface area contributed by atoms with Crippen molar-refractivity contribution in [2.24, 2.45) is 0 Å². The average Bonchev–Trinajstić information content (AvgIpc) is 2.34. The Bertz CT molecular complexity index is 349. The molecule has 1 aromatic heterocycles. The summed E-state index contributed by atoms with van der Waals surface area (Å²) in [4.78, 5) is 0. The highest BCUT2D eigenvalue weighted by Gasteiger charge is 1.97. The van der Waals surface area contributed by atoms with Crippen molar-refractivity contribution in [3.63, 3.8) is 0 Å². The molecule has 10 heavy (non-hydrogen) atoms. The molecule has 1 heterocycles. The maximum Gasteiger partial charge on any atom is 0.0978 e. The zero-order chi connectivity index (χ0) is 6.97. The number of rotatable bonds is 0. The van der Waals surface area contributed by atoms with Crippen LogP contribution >= 0.6 is 24.0 Å². The number of fused-ring (bicyclic) bond motifs is 1. The molecule has 2 rings (SSSR count). The quantitative estimate of drug-likeness (QED) is 0.561. The predicted molar refractivity (Wildman–Crippen MR) is 47.7 cm³/mol. The normalized spacial score (nSPS) is 10.4. The summed E-state index contributed by atoms with van der Waals surface area (Å²) < 4.78 is 0.996. The molecule has 0 aliphatic carbocycles. The lowest BCUT2D eigenvalue weighted by Gasteiger charge is -1.85. The van der Waals surface area contributed by atoms with Crippen LogP contribution in [0.25, 0.3) is 10.8 Å². The zero-order valence-electron chi connectivity index (χ0n) is 5.20. The van der Waals surface area contributed by atoms with Crippen LogP contribution in [-0.4, -0.2) is 0 Å². The summed E-state index contributed by atoms with van der Waals surface area (Å²) in [6.45, 7) is 0.